The van der Waals surface area contributed by atoms with Crippen molar-refractivity contribution in [2.75, 3.05) is 150 Å². The minimum atomic E-state index is -4.69. The number of aliphatic hydroxyl groups excluding tert-OH is 1. The van der Waals surface area contributed by atoms with Gasteiger partial charge in [-0.15, -0.1) is 0 Å². The van der Waals surface area contributed by atoms with E-state index in [-0.39, 0.29) is 49.4 Å². The number of anilines is 6. The lowest BCUT2D eigenvalue weighted by atomic mass is 9.85. The molecule has 6 aromatic rings. The number of hydrogen-bond acceptors (Lipinski definition) is 13. The van der Waals surface area contributed by atoms with Crippen LogP contribution in [0.15, 0.2) is 78.9 Å². The smallest absolute Gasteiger partial charge is 0.395 e. The first kappa shape index (κ1) is 54.8. The molecular weight excluding hydrogens is 1020 g/mol. The van der Waals surface area contributed by atoms with Crippen LogP contribution in [-0.4, -0.2) is 163 Å². The fraction of sp³-hybridized carbons (Fsp3) is 0.533. The Morgan fingerprint density at radius 2 is 1.13 bits per heavy atom. The van der Waals surface area contributed by atoms with E-state index in [0.717, 1.165) is 67.3 Å². The van der Waals surface area contributed by atoms with Crippen molar-refractivity contribution in [1.82, 2.24) is 24.8 Å². The summed E-state index contributed by atoms with van der Waals surface area (Å²) < 4.78 is 98.6. The summed E-state index contributed by atoms with van der Waals surface area (Å²) in [5.74, 6) is -0.204. The highest BCUT2D eigenvalue weighted by Gasteiger charge is 2.74. The van der Waals surface area contributed by atoms with Crippen LogP contribution < -0.4 is 29.4 Å². The predicted molar refractivity (Wildman–Crippen MR) is 302 cm³/mol. The molecular formula is C60H73F6N11O2. The fourth-order valence-electron chi connectivity index (χ4n) is 12.9. The number of ether oxygens (including phenoxy) is 1. The van der Waals surface area contributed by atoms with Crippen molar-refractivity contribution in [3.63, 3.8) is 0 Å². The van der Waals surface area contributed by atoms with Crippen LogP contribution in [0, 0.1) is 0 Å². The van der Waals surface area contributed by atoms with Gasteiger partial charge in [-0.1, -0.05) is 36.4 Å². The highest BCUT2D eigenvalue weighted by molar-refractivity contribution is 5.94. The Kier molecular flexibility index (Phi) is 14.8. The number of alkyl halides is 6. The van der Waals surface area contributed by atoms with Gasteiger partial charge in [0.15, 0.2) is 0 Å². The van der Waals surface area contributed by atoms with Crippen LogP contribution in [0.25, 0.3) is 21.8 Å². The summed E-state index contributed by atoms with van der Waals surface area (Å²) in [7, 11) is 11.7. The Morgan fingerprint density at radius 3 is 1.67 bits per heavy atom. The molecule has 2 atom stereocenters. The van der Waals surface area contributed by atoms with Gasteiger partial charge in [-0.2, -0.15) is 26.3 Å². The monoisotopic (exact) mass is 1090 g/mol. The normalized spacial score (nSPS) is 21.2. The van der Waals surface area contributed by atoms with E-state index in [1.165, 1.54) is 5.56 Å². The molecule has 2 aromatic heterocycles. The third-order valence-corrected chi connectivity index (χ3v) is 17.9. The average Bonchev–Trinajstić information content (AvgIpc) is 2.84. The van der Waals surface area contributed by atoms with Crippen LogP contribution in [0.1, 0.15) is 91.0 Å². The zero-order chi connectivity index (χ0) is 55.6. The van der Waals surface area contributed by atoms with Gasteiger partial charge in [-0.3, -0.25) is 4.90 Å². The molecule has 422 valence electrons. The summed E-state index contributed by atoms with van der Waals surface area (Å²) in [6.45, 7) is 7.17. The van der Waals surface area contributed by atoms with E-state index in [1.54, 1.807) is 6.07 Å². The molecule has 0 spiro atoms. The summed E-state index contributed by atoms with van der Waals surface area (Å²) in [5, 5.41) is 11.1. The molecule has 5 heterocycles. The Bertz CT molecular complexity index is 3170. The summed E-state index contributed by atoms with van der Waals surface area (Å²) in [6, 6.07) is 25.4. The number of piperidine rings is 2. The van der Waals surface area contributed by atoms with Gasteiger partial charge < -0.3 is 39.2 Å². The van der Waals surface area contributed by atoms with Crippen molar-refractivity contribution in [1.29, 1.82) is 0 Å². The maximum Gasteiger partial charge on any atom is 0.402 e. The molecule has 3 aliphatic heterocycles. The number of rotatable bonds is 16. The lowest BCUT2D eigenvalue weighted by Crippen LogP contribution is -2.40. The van der Waals surface area contributed by atoms with E-state index < -0.39 is 29.1 Å². The molecule has 19 heteroatoms. The standard InChI is InChI=1S/C60H73F6N11O2/c1-71(2)51-13-8-7-10-43(51)39-18-24-77(25-19-39)54-47-37-42(74(6)30-33-78)15-17-50(47)68-56(70-54)58(60(64,65)66)38-48(58)45-12-9-11-44(52(45)72(3)4)40-20-26-76(27-21-40)53-46-36-41(73(5)28-29-75-31-34-79-35-32-75)14-16-49(46)67-55(69-53)57(22-23-57)59(61,62)63/h7-17,36-37,39-40,48,78H,18-35,38H2,1-6H3. The molecule has 13 nitrogen and oxygen atoms in total. The van der Waals surface area contributed by atoms with E-state index in [4.69, 9.17) is 19.7 Å². The summed E-state index contributed by atoms with van der Waals surface area (Å²) in [4.78, 5) is 34.0. The Labute approximate surface area is 459 Å². The predicted octanol–water partition coefficient (Wildman–Crippen LogP) is 10.3. The number of benzene rings is 4. The van der Waals surface area contributed by atoms with Crippen LogP contribution in [0.4, 0.5) is 60.7 Å². The minimum Gasteiger partial charge on any atom is -0.395 e. The molecule has 5 aliphatic rings. The SMILES string of the molecule is CN(C)c1ccccc1C1CCN(c2nc(C3(C(F)(F)F)CC3c3cccc(C4CCN(c5nc(C6(C(F)(F)F)CC6)nc6ccc(N(C)CCN7CCOCC7)cc56)CC4)c3N(C)C)nc3ccc(N(C)CCO)cc23)CC1. The Morgan fingerprint density at radius 1 is 0.595 bits per heavy atom. The molecule has 3 saturated heterocycles. The van der Waals surface area contributed by atoms with E-state index in [1.807, 2.05) is 107 Å². The second-order valence-electron chi connectivity index (χ2n) is 23.1. The summed E-state index contributed by atoms with van der Waals surface area (Å²) >= 11 is 0. The number of para-hydroxylation sites is 2. The third-order valence-electron chi connectivity index (χ3n) is 17.9. The molecule has 1 N–H and O–H groups in total. The summed E-state index contributed by atoms with van der Waals surface area (Å²) in [6.07, 6.45) is -6.71. The van der Waals surface area contributed by atoms with Crippen LogP contribution in [0.5, 0.6) is 0 Å². The number of halogens is 6. The lowest BCUT2D eigenvalue weighted by Gasteiger charge is -2.36. The maximum absolute atomic E-state index is 16.3. The van der Waals surface area contributed by atoms with Crippen LogP contribution in [-0.2, 0) is 15.6 Å². The van der Waals surface area contributed by atoms with Crippen molar-refractivity contribution in [3.05, 3.63) is 107 Å². The average molecular weight is 1090 g/mol. The molecule has 2 aliphatic carbocycles. The largest absolute Gasteiger partial charge is 0.402 e. The fourth-order valence-corrected chi connectivity index (χ4v) is 12.9. The number of aliphatic hydroxyl groups is 1. The van der Waals surface area contributed by atoms with Gasteiger partial charge in [0.05, 0.1) is 30.9 Å². The number of morpholine rings is 1. The minimum absolute atomic E-state index is 0.0543. The number of aromatic nitrogens is 4. The molecule has 2 saturated carbocycles. The van der Waals surface area contributed by atoms with Gasteiger partial charge >= 0.3 is 12.4 Å². The molecule has 0 amide bonds. The van der Waals surface area contributed by atoms with Crippen molar-refractivity contribution < 1.29 is 36.2 Å². The van der Waals surface area contributed by atoms with Crippen molar-refractivity contribution in [3.8, 4) is 0 Å². The van der Waals surface area contributed by atoms with Gasteiger partial charge in [0.1, 0.15) is 34.1 Å². The molecule has 11 rings (SSSR count). The van der Waals surface area contributed by atoms with E-state index in [0.29, 0.717) is 97.8 Å². The number of fused-ring (bicyclic) bond motifs is 2. The van der Waals surface area contributed by atoms with Crippen LogP contribution in [0.2, 0.25) is 0 Å². The molecule has 4 aromatic carbocycles. The molecule has 0 bridgehead atoms. The first-order valence-electron chi connectivity index (χ1n) is 28.0. The molecule has 0 radical (unpaired) electrons. The van der Waals surface area contributed by atoms with Gasteiger partial charge in [0.25, 0.3) is 0 Å². The maximum atomic E-state index is 16.3. The Hall–Kier alpha value is -6.18. The second kappa shape index (κ2) is 21.4. The number of hydrogen-bond donors (Lipinski definition) is 1. The first-order chi connectivity index (χ1) is 37.8. The first-order valence-corrected chi connectivity index (χ1v) is 28.0. The quantitative estimate of drug-likeness (QED) is 0.0932. The van der Waals surface area contributed by atoms with Gasteiger partial charge in [-0.05, 0) is 116 Å². The van der Waals surface area contributed by atoms with Gasteiger partial charge in [0.2, 0.25) is 0 Å². The van der Waals surface area contributed by atoms with Gasteiger partial charge in [0, 0.05) is 141 Å². The third kappa shape index (κ3) is 10.2. The van der Waals surface area contributed by atoms with Crippen LogP contribution >= 0.6 is 0 Å². The van der Waals surface area contributed by atoms with E-state index >= 15 is 13.2 Å². The summed E-state index contributed by atoms with van der Waals surface area (Å²) in [5.41, 5.74) is 2.88. The zero-order valence-corrected chi connectivity index (χ0v) is 46.2. The highest BCUT2D eigenvalue weighted by atomic mass is 19.4. The lowest BCUT2D eigenvalue weighted by molar-refractivity contribution is -0.164. The van der Waals surface area contributed by atoms with E-state index in [9.17, 15) is 18.3 Å². The van der Waals surface area contributed by atoms with Crippen molar-refractivity contribution >= 4 is 56.2 Å². The Balaban J connectivity index is 0.898. The van der Waals surface area contributed by atoms with Gasteiger partial charge in [-0.25, -0.2) is 19.9 Å². The number of likely N-dealkylation sites (N-methyl/N-ethyl adjacent to an activating group) is 2. The molecule has 5 fully saturated rings. The molecule has 2 unspecified atom stereocenters. The topological polar surface area (TPSA) is 104 Å². The second-order valence-corrected chi connectivity index (χ2v) is 23.1. The van der Waals surface area contributed by atoms with E-state index in [2.05, 4.69) is 47.7 Å². The zero-order valence-electron chi connectivity index (χ0n) is 46.2. The van der Waals surface area contributed by atoms with Crippen LogP contribution in [0.3, 0.4) is 0 Å². The van der Waals surface area contributed by atoms with Crippen molar-refractivity contribution in [2.24, 2.45) is 0 Å². The van der Waals surface area contributed by atoms with Crippen molar-refractivity contribution in [2.45, 2.75) is 85.9 Å². The number of nitrogens with zero attached hydrogens (tertiary/aromatic N) is 11. The highest BCUT2D eigenvalue weighted by Crippen LogP contribution is 2.69. The molecule has 79 heavy (non-hydrogen) atoms.